The van der Waals surface area contributed by atoms with E-state index in [2.05, 4.69) is 0 Å². The van der Waals surface area contributed by atoms with E-state index in [9.17, 15) is 9.59 Å². The fourth-order valence-electron chi connectivity index (χ4n) is 3.48. The van der Waals surface area contributed by atoms with Gasteiger partial charge >= 0.3 is 11.9 Å². The van der Waals surface area contributed by atoms with Crippen molar-refractivity contribution in [3.63, 3.8) is 0 Å². The van der Waals surface area contributed by atoms with Crippen LogP contribution in [0.25, 0.3) is 32.7 Å². The van der Waals surface area contributed by atoms with E-state index in [0.29, 0.717) is 22.3 Å². The van der Waals surface area contributed by atoms with Crippen LogP contribution in [-0.2, 0) is 9.47 Å². The van der Waals surface area contributed by atoms with E-state index in [-0.39, 0.29) is 0 Å². The van der Waals surface area contributed by atoms with E-state index in [1.54, 1.807) is 12.1 Å². The van der Waals surface area contributed by atoms with E-state index >= 15 is 0 Å². The molecular weight excluding hydrogens is 352 g/mol. The van der Waals surface area contributed by atoms with Crippen molar-refractivity contribution >= 4 is 33.5 Å². The van der Waals surface area contributed by atoms with Crippen molar-refractivity contribution in [1.29, 1.82) is 0 Å². The molecule has 0 saturated heterocycles. The predicted molar refractivity (Wildman–Crippen MR) is 110 cm³/mol. The molecule has 4 heteroatoms. The van der Waals surface area contributed by atoms with Crippen LogP contribution in [0.5, 0.6) is 0 Å². The predicted octanol–water partition coefficient (Wildman–Crippen LogP) is 5.23. The molecule has 0 atom stereocenters. The fraction of sp³-hybridized carbons (Fsp3) is 0.0833. The Morgan fingerprint density at radius 2 is 0.893 bits per heavy atom. The molecule has 4 aromatic rings. The quantitative estimate of drug-likeness (QED) is 0.463. The van der Waals surface area contributed by atoms with Crippen molar-refractivity contribution in [3.05, 3.63) is 83.9 Å². The molecule has 0 aliphatic carbocycles. The van der Waals surface area contributed by atoms with Gasteiger partial charge in [-0.15, -0.1) is 0 Å². The summed E-state index contributed by atoms with van der Waals surface area (Å²) in [5.41, 5.74) is 2.08. The maximum Gasteiger partial charge on any atom is 0.338 e. The van der Waals surface area contributed by atoms with Crippen molar-refractivity contribution in [3.8, 4) is 11.1 Å². The van der Waals surface area contributed by atoms with E-state index in [4.69, 9.17) is 9.47 Å². The van der Waals surface area contributed by atoms with Gasteiger partial charge in [0.1, 0.15) is 0 Å². The largest absolute Gasteiger partial charge is 0.465 e. The lowest BCUT2D eigenvalue weighted by molar-refractivity contribution is 0.0590. The van der Waals surface area contributed by atoms with Crippen LogP contribution in [0, 0.1) is 0 Å². The first-order valence-corrected chi connectivity index (χ1v) is 8.85. The second-order valence-electron chi connectivity index (χ2n) is 6.47. The van der Waals surface area contributed by atoms with Gasteiger partial charge in [-0.25, -0.2) is 9.59 Å². The van der Waals surface area contributed by atoms with Gasteiger partial charge < -0.3 is 9.47 Å². The Balaban J connectivity index is 2.09. The van der Waals surface area contributed by atoms with Crippen LogP contribution in [0.3, 0.4) is 0 Å². The lowest BCUT2D eigenvalue weighted by Gasteiger charge is -2.15. The maximum absolute atomic E-state index is 12.5. The minimum Gasteiger partial charge on any atom is -0.465 e. The van der Waals surface area contributed by atoms with E-state index in [1.165, 1.54) is 14.2 Å². The highest BCUT2D eigenvalue weighted by molar-refractivity contribution is 6.09. The second-order valence-corrected chi connectivity index (χ2v) is 6.47. The number of carbonyl (C=O) groups excluding carboxylic acids is 2. The number of hydrogen-bond acceptors (Lipinski definition) is 4. The van der Waals surface area contributed by atoms with Crippen molar-refractivity contribution in [1.82, 2.24) is 0 Å². The highest BCUT2D eigenvalue weighted by Gasteiger charge is 2.21. The minimum absolute atomic E-state index is 0.404. The summed E-state index contributed by atoms with van der Waals surface area (Å²) in [7, 11) is 2.70. The van der Waals surface area contributed by atoms with Gasteiger partial charge in [0.05, 0.1) is 25.3 Å². The lowest BCUT2D eigenvalue weighted by Crippen LogP contribution is -2.08. The Bertz CT molecular complexity index is 1130. The normalized spacial score (nSPS) is 10.8. The van der Waals surface area contributed by atoms with Gasteiger partial charge in [0.2, 0.25) is 0 Å². The van der Waals surface area contributed by atoms with E-state index in [0.717, 1.165) is 21.5 Å². The highest BCUT2D eigenvalue weighted by atomic mass is 16.5. The molecule has 0 aromatic heterocycles. The molecule has 4 rings (SSSR count). The average molecular weight is 370 g/mol. The molecule has 0 fully saturated rings. The van der Waals surface area contributed by atoms with Crippen molar-refractivity contribution in [2.75, 3.05) is 14.2 Å². The molecule has 28 heavy (non-hydrogen) atoms. The summed E-state index contributed by atoms with van der Waals surface area (Å²) in [6, 6.07) is 22.9. The summed E-state index contributed by atoms with van der Waals surface area (Å²) < 4.78 is 10.0. The van der Waals surface area contributed by atoms with Crippen LogP contribution in [0.1, 0.15) is 20.7 Å². The molecular formula is C24H18O4. The zero-order valence-corrected chi connectivity index (χ0v) is 15.6. The molecule has 0 amide bonds. The van der Waals surface area contributed by atoms with Gasteiger partial charge in [0, 0.05) is 0 Å². The smallest absolute Gasteiger partial charge is 0.338 e. The molecule has 0 bridgehead atoms. The SMILES string of the molecule is COC(=O)c1cc2ccccc2cc1-c1cc2ccccc2cc1C(=O)OC. The molecule has 0 unspecified atom stereocenters. The van der Waals surface area contributed by atoms with Crippen LogP contribution < -0.4 is 0 Å². The summed E-state index contributed by atoms with van der Waals surface area (Å²) in [4.78, 5) is 25.1. The van der Waals surface area contributed by atoms with Gasteiger partial charge in [-0.3, -0.25) is 0 Å². The summed E-state index contributed by atoms with van der Waals surface area (Å²) in [6.45, 7) is 0. The van der Waals surface area contributed by atoms with Gasteiger partial charge in [0.15, 0.2) is 0 Å². The summed E-state index contributed by atoms with van der Waals surface area (Å²) in [5, 5.41) is 3.78. The zero-order valence-electron chi connectivity index (χ0n) is 15.6. The van der Waals surface area contributed by atoms with E-state index < -0.39 is 11.9 Å². The summed E-state index contributed by atoms with van der Waals surface area (Å²) in [5.74, 6) is -0.908. The molecule has 0 N–H and O–H groups in total. The molecule has 0 heterocycles. The third-order valence-electron chi connectivity index (χ3n) is 4.87. The maximum atomic E-state index is 12.5. The molecule has 0 spiro atoms. The van der Waals surface area contributed by atoms with Gasteiger partial charge in [0.25, 0.3) is 0 Å². The molecule has 138 valence electrons. The Hall–Kier alpha value is -3.66. The highest BCUT2D eigenvalue weighted by Crippen LogP contribution is 2.34. The molecule has 4 aromatic carbocycles. The zero-order chi connectivity index (χ0) is 19.7. The van der Waals surface area contributed by atoms with Gasteiger partial charge in [-0.2, -0.15) is 0 Å². The number of ether oxygens (including phenoxy) is 2. The first-order valence-electron chi connectivity index (χ1n) is 8.85. The van der Waals surface area contributed by atoms with E-state index in [1.807, 2.05) is 60.7 Å². The monoisotopic (exact) mass is 370 g/mol. The number of methoxy groups -OCH3 is 2. The average Bonchev–Trinajstić information content (AvgIpc) is 2.76. The van der Waals surface area contributed by atoms with Crippen LogP contribution in [-0.4, -0.2) is 26.2 Å². The van der Waals surface area contributed by atoms with Gasteiger partial charge in [-0.1, -0.05) is 48.5 Å². The van der Waals surface area contributed by atoms with Crippen LogP contribution in [0.2, 0.25) is 0 Å². The third-order valence-corrected chi connectivity index (χ3v) is 4.87. The van der Waals surface area contributed by atoms with Gasteiger partial charge in [-0.05, 0) is 56.9 Å². The van der Waals surface area contributed by atoms with Crippen LogP contribution >= 0.6 is 0 Å². The Morgan fingerprint density at radius 3 is 1.21 bits per heavy atom. The molecule has 0 aliphatic rings. The Kier molecular flexibility index (Phi) is 4.53. The third kappa shape index (κ3) is 2.99. The van der Waals surface area contributed by atoms with Crippen LogP contribution in [0.15, 0.2) is 72.8 Å². The number of carbonyl (C=O) groups is 2. The standard InChI is InChI=1S/C24H18O4/c1-27-23(25)21-13-17-9-5-3-7-15(17)11-19(21)20-12-16-8-4-6-10-18(16)14-22(20)24(26)28-2/h3-14H,1-2H3. The summed E-state index contributed by atoms with van der Waals surface area (Å²) in [6.07, 6.45) is 0. The number of benzene rings is 4. The second kappa shape index (κ2) is 7.16. The minimum atomic E-state index is -0.454. The molecule has 0 radical (unpaired) electrons. The number of fused-ring (bicyclic) bond motifs is 2. The first kappa shape index (κ1) is 17.7. The number of esters is 2. The summed E-state index contributed by atoms with van der Waals surface area (Å²) >= 11 is 0. The van der Waals surface area contributed by atoms with Crippen molar-refractivity contribution < 1.29 is 19.1 Å². The molecule has 0 aliphatic heterocycles. The number of hydrogen-bond donors (Lipinski definition) is 0. The lowest BCUT2D eigenvalue weighted by atomic mass is 9.90. The first-order chi connectivity index (χ1) is 13.6. The van der Waals surface area contributed by atoms with Crippen molar-refractivity contribution in [2.45, 2.75) is 0 Å². The topological polar surface area (TPSA) is 52.6 Å². The molecule has 4 nitrogen and oxygen atoms in total. The fourth-order valence-corrected chi connectivity index (χ4v) is 3.48. The Labute approximate surface area is 162 Å². The molecule has 0 saturated carbocycles. The van der Waals surface area contributed by atoms with Crippen molar-refractivity contribution in [2.24, 2.45) is 0 Å². The number of rotatable bonds is 3. The van der Waals surface area contributed by atoms with Crippen LogP contribution in [0.4, 0.5) is 0 Å². The Morgan fingerprint density at radius 1 is 0.571 bits per heavy atom.